The molecule has 7 rings (SSSR count). The van der Waals surface area contributed by atoms with Crippen molar-refractivity contribution in [2.24, 2.45) is 0 Å². The molecule has 3 aromatic heterocycles. The van der Waals surface area contributed by atoms with Crippen molar-refractivity contribution in [2.75, 3.05) is 5.73 Å². The van der Waals surface area contributed by atoms with Crippen molar-refractivity contribution in [1.29, 1.82) is 0 Å². The van der Waals surface area contributed by atoms with Gasteiger partial charge in [-0.1, -0.05) is 116 Å². The number of nitrogens with zero attached hydrogens (tertiary/aromatic N) is 4. The average molecular weight is 542 g/mol. The van der Waals surface area contributed by atoms with Crippen LogP contribution in [0.4, 0.5) is 5.69 Å². The highest BCUT2D eigenvalue weighted by atomic mass is 15.0. The number of fused-ring (bicyclic) bond motifs is 1. The van der Waals surface area contributed by atoms with E-state index in [1.165, 1.54) is 0 Å². The Morgan fingerprint density at radius 3 is 1.88 bits per heavy atom. The number of pyridine rings is 1. The van der Waals surface area contributed by atoms with Crippen LogP contribution in [0.2, 0.25) is 0 Å². The molecule has 0 bridgehead atoms. The highest BCUT2D eigenvalue weighted by Gasteiger charge is 2.19. The first-order valence-corrected chi connectivity index (χ1v) is 13.8. The maximum absolute atomic E-state index is 6.38. The van der Waals surface area contributed by atoms with Gasteiger partial charge in [0, 0.05) is 39.7 Å². The highest BCUT2D eigenvalue weighted by Crippen LogP contribution is 2.36. The van der Waals surface area contributed by atoms with Crippen molar-refractivity contribution >= 4 is 16.9 Å². The van der Waals surface area contributed by atoms with E-state index in [0.29, 0.717) is 11.5 Å². The number of nitrogens with two attached hydrogens (primary N) is 1. The van der Waals surface area contributed by atoms with Crippen molar-refractivity contribution in [3.63, 3.8) is 0 Å². The van der Waals surface area contributed by atoms with Crippen LogP contribution < -0.4 is 5.73 Å². The van der Waals surface area contributed by atoms with Gasteiger partial charge in [0.1, 0.15) is 5.65 Å². The monoisotopic (exact) mass is 541 g/mol. The molecule has 0 aliphatic carbocycles. The number of para-hydroxylation sites is 1. The van der Waals surface area contributed by atoms with E-state index >= 15 is 0 Å². The molecular weight excluding hydrogens is 514 g/mol. The van der Waals surface area contributed by atoms with Gasteiger partial charge in [0.25, 0.3) is 0 Å². The molecule has 2 N–H and O–H groups in total. The first kappa shape index (κ1) is 25.2. The summed E-state index contributed by atoms with van der Waals surface area (Å²) in [7, 11) is 0. The predicted octanol–water partition coefficient (Wildman–Crippen LogP) is 8.44. The van der Waals surface area contributed by atoms with E-state index < -0.39 is 0 Å². The fourth-order valence-corrected chi connectivity index (χ4v) is 5.23. The lowest BCUT2D eigenvalue weighted by molar-refractivity contribution is 1.16. The SMILES string of the molecule is C=C(c1ccc(-c2cc(-c3ccccc3)nc(-c3ccccc3)n2)cc1)c1c(-c2ccccc2N)nc2ccccn12. The van der Waals surface area contributed by atoms with Crippen molar-refractivity contribution in [2.45, 2.75) is 0 Å². The summed E-state index contributed by atoms with van der Waals surface area (Å²) in [5.41, 5.74) is 17.1. The number of hydrogen-bond donors (Lipinski definition) is 1. The fourth-order valence-electron chi connectivity index (χ4n) is 5.23. The van der Waals surface area contributed by atoms with Crippen molar-refractivity contribution in [3.05, 3.63) is 157 Å². The minimum Gasteiger partial charge on any atom is -0.398 e. The van der Waals surface area contributed by atoms with Gasteiger partial charge in [-0.2, -0.15) is 0 Å². The second-order valence-corrected chi connectivity index (χ2v) is 10.1. The van der Waals surface area contributed by atoms with Crippen LogP contribution >= 0.6 is 0 Å². The topological polar surface area (TPSA) is 69.1 Å². The van der Waals surface area contributed by atoms with Crippen molar-refractivity contribution < 1.29 is 0 Å². The van der Waals surface area contributed by atoms with E-state index in [4.69, 9.17) is 20.7 Å². The molecule has 42 heavy (non-hydrogen) atoms. The molecule has 0 unspecified atom stereocenters. The van der Waals surface area contributed by atoms with Gasteiger partial charge in [-0.25, -0.2) is 15.0 Å². The largest absolute Gasteiger partial charge is 0.398 e. The van der Waals surface area contributed by atoms with E-state index in [2.05, 4.69) is 47.4 Å². The van der Waals surface area contributed by atoms with Crippen LogP contribution in [0.25, 0.3) is 56.4 Å². The van der Waals surface area contributed by atoms with Crippen molar-refractivity contribution in [3.8, 4) is 45.2 Å². The molecule has 0 aliphatic heterocycles. The quantitative estimate of drug-likeness (QED) is 0.215. The third-order valence-corrected chi connectivity index (χ3v) is 7.39. The lowest BCUT2D eigenvalue weighted by Gasteiger charge is -2.12. The Bertz CT molecular complexity index is 1990. The van der Waals surface area contributed by atoms with Crippen LogP contribution in [0, 0.1) is 0 Å². The van der Waals surface area contributed by atoms with E-state index in [9.17, 15) is 0 Å². The number of rotatable bonds is 6. The summed E-state index contributed by atoms with van der Waals surface area (Å²) in [6.07, 6.45) is 2.01. The summed E-state index contributed by atoms with van der Waals surface area (Å²) in [5.74, 6) is 0.691. The first-order valence-electron chi connectivity index (χ1n) is 13.8. The second-order valence-electron chi connectivity index (χ2n) is 10.1. The Morgan fingerprint density at radius 1 is 0.595 bits per heavy atom. The fraction of sp³-hybridized carbons (Fsp3) is 0. The molecule has 200 valence electrons. The van der Waals surface area contributed by atoms with Crippen LogP contribution in [0.3, 0.4) is 0 Å². The van der Waals surface area contributed by atoms with Crippen LogP contribution in [0.1, 0.15) is 11.3 Å². The number of hydrogen-bond acceptors (Lipinski definition) is 4. The Morgan fingerprint density at radius 2 is 1.19 bits per heavy atom. The van der Waals surface area contributed by atoms with E-state index in [0.717, 1.165) is 61.8 Å². The maximum Gasteiger partial charge on any atom is 0.160 e. The minimum atomic E-state index is 0.678. The Labute approximate surface area is 244 Å². The summed E-state index contributed by atoms with van der Waals surface area (Å²) in [5, 5.41) is 0. The Balaban J connectivity index is 1.31. The summed E-state index contributed by atoms with van der Waals surface area (Å²) in [4.78, 5) is 14.8. The molecule has 0 spiro atoms. The van der Waals surface area contributed by atoms with Gasteiger partial charge < -0.3 is 5.73 Å². The lowest BCUT2D eigenvalue weighted by atomic mass is 9.97. The third-order valence-electron chi connectivity index (χ3n) is 7.39. The number of aromatic nitrogens is 4. The molecule has 0 aliphatic rings. The van der Waals surface area contributed by atoms with Crippen LogP contribution in [0.5, 0.6) is 0 Å². The summed E-state index contributed by atoms with van der Waals surface area (Å²) < 4.78 is 2.07. The molecule has 0 atom stereocenters. The van der Waals surface area contributed by atoms with Gasteiger partial charge in [-0.15, -0.1) is 0 Å². The standard InChI is InChI=1S/C37H27N5/c1-25(36-35(30-16-8-9-17-31(30)38)41-34-18-10-11-23-42(34)36)26-19-21-28(22-20-26)33-24-32(27-12-4-2-5-13-27)39-37(40-33)29-14-6-3-7-15-29/h2-24H,1,38H2. The van der Waals surface area contributed by atoms with Crippen molar-refractivity contribution in [1.82, 2.24) is 19.4 Å². The summed E-state index contributed by atoms with van der Waals surface area (Å²) in [6.45, 7) is 4.52. The molecule has 5 nitrogen and oxygen atoms in total. The molecule has 0 amide bonds. The normalized spacial score (nSPS) is 11.0. The molecule has 7 aromatic rings. The molecule has 5 heteroatoms. The number of imidazole rings is 1. The predicted molar refractivity (Wildman–Crippen MR) is 172 cm³/mol. The molecule has 0 saturated heterocycles. The van der Waals surface area contributed by atoms with Gasteiger partial charge >= 0.3 is 0 Å². The summed E-state index contributed by atoms with van der Waals surface area (Å²) in [6, 6.07) is 44.5. The van der Waals surface area contributed by atoms with Crippen LogP contribution in [0.15, 0.2) is 146 Å². The minimum absolute atomic E-state index is 0.678. The number of anilines is 1. The Kier molecular flexibility index (Phi) is 6.38. The zero-order valence-electron chi connectivity index (χ0n) is 22.9. The molecule has 4 aromatic carbocycles. The zero-order valence-corrected chi connectivity index (χ0v) is 22.9. The third kappa shape index (κ3) is 4.63. The summed E-state index contributed by atoms with van der Waals surface area (Å²) >= 11 is 0. The smallest absolute Gasteiger partial charge is 0.160 e. The Hall–Kier alpha value is -5.81. The van der Waals surface area contributed by atoms with Crippen LogP contribution in [-0.4, -0.2) is 19.4 Å². The average Bonchev–Trinajstić information content (AvgIpc) is 3.45. The van der Waals surface area contributed by atoms with E-state index in [1.807, 2.05) is 103 Å². The first-order chi connectivity index (χ1) is 20.7. The van der Waals surface area contributed by atoms with Gasteiger partial charge in [0.2, 0.25) is 0 Å². The number of nitrogen functional groups attached to an aromatic ring is 1. The maximum atomic E-state index is 6.38. The molecule has 0 saturated carbocycles. The zero-order chi connectivity index (χ0) is 28.5. The van der Waals surface area contributed by atoms with E-state index in [1.54, 1.807) is 0 Å². The molecule has 0 radical (unpaired) electrons. The highest BCUT2D eigenvalue weighted by molar-refractivity contribution is 5.90. The number of benzene rings is 4. The molecular formula is C37H27N5. The van der Waals surface area contributed by atoms with Gasteiger partial charge in [0.05, 0.1) is 22.8 Å². The van der Waals surface area contributed by atoms with Gasteiger partial charge in [0.15, 0.2) is 5.82 Å². The lowest BCUT2D eigenvalue weighted by Crippen LogP contribution is -1.98. The molecule has 0 fully saturated rings. The van der Waals surface area contributed by atoms with Gasteiger partial charge in [-0.3, -0.25) is 4.40 Å². The second kappa shape index (κ2) is 10.6. The van der Waals surface area contributed by atoms with Crippen LogP contribution in [-0.2, 0) is 0 Å². The molecule has 3 heterocycles. The van der Waals surface area contributed by atoms with Gasteiger partial charge in [-0.05, 0) is 29.8 Å². The van der Waals surface area contributed by atoms with E-state index in [-0.39, 0.29) is 0 Å².